The third kappa shape index (κ3) is 2.51. The quantitative estimate of drug-likeness (QED) is 0.866. The highest BCUT2D eigenvalue weighted by molar-refractivity contribution is 6.33. The van der Waals surface area contributed by atoms with Crippen molar-refractivity contribution in [2.75, 3.05) is 0 Å². The Hall–Kier alpha value is -1.31. The van der Waals surface area contributed by atoms with Crippen molar-refractivity contribution in [3.8, 4) is 11.1 Å². The maximum absolute atomic E-state index is 9.37. The zero-order valence-electron chi connectivity index (χ0n) is 9.78. The Kier molecular flexibility index (Phi) is 3.82. The Morgan fingerprint density at radius 3 is 2.59 bits per heavy atom. The molecule has 0 atom stereocenters. The predicted molar refractivity (Wildman–Crippen MR) is 72.2 cm³/mol. The summed E-state index contributed by atoms with van der Waals surface area (Å²) in [6, 6.07) is 13.9. The minimum Gasteiger partial charge on any atom is -0.392 e. The van der Waals surface area contributed by atoms with Gasteiger partial charge in [0.25, 0.3) is 0 Å². The molecule has 0 aliphatic carbocycles. The molecule has 2 heteroatoms. The average molecular weight is 247 g/mol. The van der Waals surface area contributed by atoms with Crippen LogP contribution < -0.4 is 0 Å². The Balaban J connectivity index is 2.58. The number of rotatable bonds is 3. The molecule has 0 unspecified atom stereocenters. The first-order valence-corrected chi connectivity index (χ1v) is 6.11. The van der Waals surface area contributed by atoms with Gasteiger partial charge in [0.1, 0.15) is 0 Å². The van der Waals surface area contributed by atoms with Crippen LogP contribution in [0.25, 0.3) is 11.1 Å². The van der Waals surface area contributed by atoms with Crippen LogP contribution in [0.5, 0.6) is 0 Å². The van der Waals surface area contributed by atoms with Crippen LogP contribution in [-0.4, -0.2) is 5.11 Å². The zero-order valence-corrected chi connectivity index (χ0v) is 10.5. The Morgan fingerprint density at radius 2 is 1.88 bits per heavy atom. The predicted octanol–water partition coefficient (Wildman–Crippen LogP) is 4.06. The van der Waals surface area contributed by atoms with Crippen molar-refractivity contribution in [1.29, 1.82) is 0 Å². The van der Waals surface area contributed by atoms with Crippen molar-refractivity contribution >= 4 is 11.6 Å². The molecule has 2 rings (SSSR count). The van der Waals surface area contributed by atoms with Gasteiger partial charge >= 0.3 is 0 Å². The number of halogens is 1. The van der Waals surface area contributed by atoms with Crippen LogP contribution in [-0.2, 0) is 13.0 Å². The first-order chi connectivity index (χ1) is 8.26. The van der Waals surface area contributed by atoms with E-state index in [1.54, 1.807) is 0 Å². The molecule has 2 aromatic carbocycles. The highest BCUT2D eigenvalue weighted by Gasteiger charge is 2.08. The van der Waals surface area contributed by atoms with Crippen LogP contribution in [0.1, 0.15) is 18.1 Å². The molecule has 0 saturated carbocycles. The summed E-state index contributed by atoms with van der Waals surface area (Å²) in [5, 5.41) is 10.1. The van der Waals surface area contributed by atoms with Gasteiger partial charge in [-0.05, 0) is 29.2 Å². The van der Waals surface area contributed by atoms with Crippen molar-refractivity contribution in [2.45, 2.75) is 20.0 Å². The Labute approximate surface area is 107 Å². The SMILES string of the molecule is CCc1cccc(-c2c(Cl)cccc2CO)c1. The van der Waals surface area contributed by atoms with Crippen molar-refractivity contribution < 1.29 is 5.11 Å². The first-order valence-electron chi connectivity index (χ1n) is 5.73. The molecule has 0 aliphatic rings. The van der Waals surface area contributed by atoms with Gasteiger partial charge in [-0.3, -0.25) is 0 Å². The highest BCUT2D eigenvalue weighted by Crippen LogP contribution is 2.32. The molecule has 0 spiro atoms. The van der Waals surface area contributed by atoms with Crippen molar-refractivity contribution in [1.82, 2.24) is 0 Å². The summed E-state index contributed by atoms with van der Waals surface area (Å²) in [6.07, 6.45) is 0.993. The topological polar surface area (TPSA) is 20.2 Å². The standard InChI is InChI=1S/C15H15ClO/c1-2-11-5-3-6-12(9-11)15-13(10-17)7-4-8-14(15)16/h3-9,17H,2,10H2,1H3. The third-order valence-corrected chi connectivity index (χ3v) is 3.21. The van der Waals surface area contributed by atoms with E-state index in [4.69, 9.17) is 11.6 Å². The lowest BCUT2D eigenvalue weighted by atomic mass is 9.98. The van der Waals surface area contributed by atoms with E-state index in [0.717, 1.165) is 23.1 Å². The summed E-state index contributed by atoms with van der Waals surface area (Å²) < 4.78 is 0. The summed E-state index contributed by atoms with van der Waals surface area (Å²) in [5.41, 5.74) is 4.14. The summed E-state index contributed by atoms with van der Waals surface area (Å²) in [4.78, 5) is 0. The second-order valence-electron chi connectivity index (χ2n) is 3.99. The number of benzene rings is 2. The molecular weight excluding hydrogens is 232 g/mol. The Morgan fingerprint density at radius 1 is 1.12 bits per heavy atom. The lowest BCUT2D eigenvalue weighted by molar-refractivity contribution is 0.282. The van der Waals surface area contributed by atoms with Crippen LogP contribution in [0.2, 0.25) is 5.02 Å². The number of aliphatic hydroxyl groups excluding tert-OH is 1. The molecular formula is C15H15ClO. The minimum absolute atomic E-state index is 0.00620. The lowest BCUT2D eigenvalue weighted by Gasteiger charge is -2.11. The second-order valence-corrected chi connectivity index (χ2v) is 4.39. The average Bonchev–Trinajstić information content (AvgIpc) is 2.38. The van der Waals surface area contributed by atoms with Crippen molar-refractivity contribution in [2.24, 2.45) is 0 Å². The molecule has 1 N–H and O–H groups in total. The van der Waals surface area contributed by atoms with E-state index in [1.165, 1.54) is 5.56 Å². The van der Waals surface area contributed by atoms with Gasteiger partial charge in [0, 0.05) is 10.6 Å². The first kappa shape index (κ1) is 12.2. The van der Waals surface area contributed by atoms with Crippen LogP contribution in [0.4, 0.5) is 0 Å². The Bertz CT molecular complexity index is 520. The van der Waals surface area contributed by atoms with Crippen LogP contribution >= 0.6 is 11.6 Å². The molecule has 0 saturated heterocycles. The third-order valence-electron chi connectivity index (χ3n) is 2.89. The minimum atomic E-state index is 0.00620. The molecule has 2 aromatic rings. The zero-order chi connectivity index (χ0) is 12.3. The van der Waals surface area contributed by atoms with Gasteiger partial charge in [0.2, 0.25) is 0 Å². The molecule has 0 aromatic heterocycles. The molecule has 1 nitrogen and oxygen atoms in total. The van der Waals surface area contributed by atoms with Gasteiger partial charge in [-0.15, -0.1) is 0 Å². The fraction of sp³-hybridized carbons (Fsp3) is 0.200. The van der Waals surface area contributed by atoms with Crippen molar-refractivity contribution in [3.05, 3.63) is 58.6 Å². The van der Waals surface area contributed by atoms with Crippen LogP contribution in [0.15, 0.2) is 42.5 Å². The van der Waals surface area contributed by atoms with Crippen LogP contribution in [0, 0.1) is 0 Å². The molecule has 0 heterocycles. The second kappa shape index (κ2) is 5.35. The molecule has 0 fully saturated rings. The van der Waals surface area contributed by atoms with Gasteiger partial charge in [-0.2, -0.15) is 0 Å². The highest BCUT2D eigenvalue weighted by atomic mass is 35.5. The maximum Gasteiger partial charge on any atom is 0.0688 e. The maximum atomic E-state index is 9.37. The fourth-order valence-electron chi connectivity index (χ4n) is 1.97. The van der Waals surface area contributed by atoms with Gasteiger partial charge in [0.15, 0.2) is 0 Å². The summed E-state index contributed by atoms with van der Waals surface area (Å²) >= 11 is 6.23. The molecule has 0 bridgehead atoms. The molecule has 0 radical (unpaired) electrons. The van der Waals surface area contributed by atoms with E-state index in [-0.39, 0.29) is 6.61 Å². The van der Waals surface area contributed by atoms with Gasteiger partial charge in [-0.25, -0.2) is 0 Å². The molecule has 17 heavy (non-hydrogen) atoms. The number of aliphatic hydroxyl groups is 1. The summed E-state index contributed by atoms with van der Waals surface area (Å²) in [6.45, 7) is 2.13. The number of aryl methyl sites for hydroxylation is 1. The normalized spacial score (nSPS) is 10.5. The van der Waals surface area contributed by atoms with Gasteiger partial charge in [0.05, 0.1) is 6.61 Å². The molecule has 0 amide bonds. The lowest BCUT2D eigenvalue weighted by Crippen LogP contribution is -1.91. The van der Waals surface area contributed by atoms with Gasteiger partial charge < -0.3 is 5.11 Å². The fourth-order valence-corrected chi connectivity index (χ4v) is 2.27. The van der Waals surface area contributed by atoms with E-state index in [9.17, 15) is 5.11 Å². The molecule has 0 aliphatic heterocycles. The molecule has 88 valence electrons. The van der Waals surface area contributed by atoms with E-state index < -0.39 is 0 Å². The van der Waals surface area contributed by atoms with Crippen molar-refractivity contribution in [3.63, 3.8) is 0 Å². The monoisotopic (exact) mass is 246 g/mol. The number of hydrogen-bond acceptors (Lipinski definition) is 1. The number of hydrogen-bond donors (Lipinski definition) is 1. The van der Waals surface area contributed by atoms with Gasteiger partial charge in [-0.1, -0.05) is 54.9 Å². The summed E-state index contributed by atoms with van der Waals surface area (Å²) in [5.74, 6) is 0. The van der Waals surface area contributed by atoms with Crippen LogP contribution in [0.3, 0.4) is 0 Å². The smallest absolute Gasteiger partial charge is 0.0688 e. The van der Waals surface area contributed by atoms with E-state index in [1.807, 2.05) is 30.3 Å². The van der Waals surface area contributed by atoms with E-state index in [2.05, 4.69) is 19.1 Å². The summed E-state index contributed by atoms with van der Waals surface area (Å²) in [7, 11) is 0. The van der Waals surface area contributed by atoms with E-state index in [0.29, 0.717) is 5.02 Å². The largest absolute Gasteiger partial charge is 0.392 e. The van der Waals surface area contributed by atoms with E-state index >= 15 is 0 Å².